The number of anilines is 1. The maximum Gasteiger partial charge on any atom is 0.140 e. The van der Waals surface area contributed by atoms with Crippen LogP contribution >= 0.6 is 22.9 Å². The van der Waals surface area contributed by atoms with Crippen LogP contribution < -0.4 is 11.5 Å². The van der Waals surface area contributed by atoms with E-state index in [-0.39, 0.29) is 0 Å². The summed E-state index contributed by atoms with van der Waals surface area (Å²) in [5.74, 6) is 0.524. The van der Waals surface area contributed by atoms with Crippen molar-refractivity contribution >= 4 is 39.5 Å². The van der Waals surface area contributed by atoms with Crippen LogP contribution in [0.25, 0.3) is 22.0 Å². The molecule has 1 aliphatic heterocycles. The smallest absolute Gasteiger partial charge is 0.140 e. The number of thiazole rings is 1. The number of piperazine rings is 1. The second kappa shape index (κ2) is 9.82. The van der Waals surface area contributed by atoms with Gasteiger partial charge in [-0.1, -0.05) is 48.9 Å². The van der Waals surface area contributed by atoms with E-state index >= 15 is 0 Å². The fraction of sp³-hybridized carbons (Fsp3) is 0.364. The first-order chi connectivity index (χ1) is 15.1. The Morgan fingerprint density at radius 2 is 1.81 bits per heavy atom. The minimum absolute atomic E-state index is 0.383. The normalized spacial score (nSPS) is 16.5. The predicted molar refractivity (Wildman–Crippen MR) is 130 cm³/mol. The lowest BCUT2D eigenvalue weighted by molar-refractivity contribution is 0.133. The van der Waals surface area contributed by atoms with Crippen molar-refractivity contribution in [2.24, 2.45) is 5.73 Å². The number of likely N-dealkylation sites (N-methyl/N-ethyl adjacent to an activating group) is 1. The van der Waals surface area contributed by atoms with E-state index in [2.05, 4.69) is 21.7 Å². The maximum absolute atomic E-state index is 6.77. The number of nitrogens with two attached hydrogens (primary N) is 2. The molecule has 0 saturated carbocycles. The highest BCUT2D eigenvalue weighted by Gasteiger charge is 2.23. The minimum Gasteiger partial charge on any atom is -0.395 e. The fourth-order valence-corrected chi connectivity index (χ4v) is 4.74. The Morgan fingerprint density at radius 3 is 2.45 bits per heavy atom. The summed E-state index contributed by atoms with van der Waals surface area (Å²) in [7, 11) is 0. The molecule has 0 radical (unpaired) electrons. The molecule has 1 saturated heterocycles. The van der Waals surface area contributed by atoms with Gasteiger partial charge in [-0.25, -0.2) is 9.67 Å². The average Bonchev–Trinajstić information content (AvgIpc) is 3.46. The van der Waals surface area contributed by atoms with E-state index in [1.807, 2.05) is 40.4 Å². The van der Waals surface area contributed by atoms with Crippen LogP contribution in [0.5, 0.6) is 0 Å². The van der Waals surface area contributed by atoms with Gasteiger partial charge in [0.25, 0.3) is 0 Å². The molecule has 2 aromatic heterocycles. The molecule has 31 heavy (non-hydrogen) atoms. The molecular formula is C22H28ClN7S. The van der Waals surface area contributed by atoms with Crippen molar-refractivity contribution in [2.45, 2.75) is 13.5 Å². The summed E-state index contributed by atoms with van der Waals surface area (Å²) in [6, 6.07) is 9.93. The highest BCUT2D eigenvalue weighted by atomic mass is 35.5. The number of nitrogens with zero attached hydrogens (tertiary/aromatic N) is 5. The van der Waals surface area contributed by atoms with E-state index in [4.69, 9.17) is 28.2 Å². The number of benzene rings is 1. The van der Waals surface area contributed by atoms with E-state index in [0.717, 1.165) is 50.5 Å². The third kappa shape index (κ3) is 4.77. The Kier molecular flexibility index (Phi) is 6.92. The fourth-order valence-electron chi connectivity index (χ4n) is 3.81. The van der Waals surface area contributed by atoms with E-state index in [9.17, 15) is 0 Å². The van der Waals surface area contributed by atoms with Gasteiger partial charge in [0.1, 0.15) is 16.5 Å². The van der Waals surface area contributed by atoms with Gasteiger partial charge in [-0.2, -0.15) is 5.10 Å². The zero-order chi connectivity index (χ0) is 21.8. The van der Waals surface area contributed by atoms with Gasteiger partial charge in [0, 0.05) is 49.9 Å². The van der Waals surface area contributed by atoms with Gasteiger partial charge in [-0.3, -0.25) is 4.90 Å². The molecule has 3 aromatic rings. The number of hydrogen-bond donors (Lipinski definition) is 2. The lowest BCUT2D eigenvalue weighted by Gasteiger charge is -2.33. The standard InChI is InChI=1S/C22H28ClN7S/c1-2-28-9-11-29(12-10-28)13-14-30-21(25)17(18(23)19(24)22-26-8-15-31-22)20(27-30)16-6-4-3-5-7-16/h3-8,15H,2,9-14,24-25H2,1H3/b19-18+. The topological polar surface area (TPSA) is 89.2 Å². The second-order valence-electron chi connectivity index (χ2n) is 7.54. The van der Waals surface area contributed by atoms with Gasteiger partial charge < -0.3 is 16.4 Å². The minimum atomic E-state index is 0.383. The average molecular weight is 458 g/mol. The molecule has 3 heterocycles. The highest BCUT2D eigenvalue weighted by molar-refractivity contribution is 7.10. The molecule has 0 amide bonds. The summed E-state index contributed by atoms with van der Waals surface area (Å²) in [6.07, 6.45) is 1.71. The molecule has 7 nitrogen and oxygen atoms in total. The lowest BCUT2D eigenvalue weighted by atomic mass is 10.1. The van der Waals surface area contributed by atoms with Crippen molar-refractivity contribution in [3.63, 3.8) is 0 Å². The van der Waals surface area contributed by atoms with Crippen molar-refractivity contribution in [3.8, 4) is 11.3 Å². The van der Waals surface area contributed by atoms with Crippen LogP contribution in [0.1, 0.15) is 17.5 Å². The molecular weight excluding hydrogens is 430 g/mol. The molecule has 4 rings (SSSR count). The Bertz CT molecular complexity index is 1020. The Balaban J connectivity index is 1.64. The first-order valence-corrected chi connectivity index (χ1v) is 11.8. The van der Waals surface area contributed by atoms with Gasteiger partial charge in [-0.15, -0.1) is 11.3 Å². The van der Waals surface area contributed by atoms with Crippen LogP contribution in [-0.4, -0.2) is 63.8 Å². The van der Waals surface area contributed by atoms with Crippen LogP contribution in [0.4, 0.5) is 5.82 Å². The van der Waals surface area contributed by atoms with Crippen LogP contribution in [0.2, 0.25) is 0 Å². The van der Waals surface area contributed by atoms with E-state index in [1.165, 1.54) is 11.3 Å². The van der Waals surface area contributed by atoms with Gasteiger partial charge in [0.15, 0.2) is 0 Å². The zero-order valence-corrected chi connectivity index (χ0v) is 19.2. The molecule has 4 N–H and O–H groups in total. The third-order valence-electron chi connectivity index (χ3n) is 5.70. The SMILES string of the molecule is CCN1CCN(CCn2nc(-c3ccccc3)c(/C(Cl)=C(\N)c3nccs3)c2N)CC1. The molecule has 0 aliphatic carbocycles. The van der Waals surface area contributed by atoms with Crippen LogP contribution in [0.15, 0.2) is 41.9 Å². The highest BCUT2D eigenvalue weighted by Crippen LogP contribution is 2.38. The maximum atomic E-state index is 6.77. The van der Waals surface area contributed by atoms with E-state index in [0.29, 0.717) is 33.7 Å². The largest absolute Gasteiger partial charge is 0.395 e. The van der Waals surface area contributed by atoms with Crippen molar-refractivity contribution in [3.05, 3.63) is 52.5 Å². The Morgan fingerprint density at radius 1 is 1.10 bits per heavy atom. The number of hydrogen-bond acceptors (Lipinski definition) is 7. The first-order valence-electron chi connectivity index (χ1n) is 10.5. The number of aromatic nitrogens is 3. The van der Waals surface area contributed by atoms with E-state index in [1.54, 1.807) is 6.20 Å². The number of nitrogen functional groups attached to an aromatic ring is 1. The second-order valence-corrected chi connectivity index (χ2v) is 8.81. The quantitative estimate of drug-likeness (QED) is 0.566. The summed E-state index contributed by atoms with van der Waals surface area (Å²) in [5.41, 5.74) is 15.7. The van der Waals surface area contributed by atoms with Crippen LogP contribution in [0, 0.1) is 0 Å². The third-order valence-corrected chi connectivity index (χ3v) is 6.90. The molecule has 1 fully saturated rings. The Labute approximate surface area is 191 Å². The lowest BCUT2D eigenvalue weighted by Crippen LogP contribution is -2.47. The monoisotopic (exact) mass is 457 g/mol. The van der Waals surface area contributed by atoms with Crippen molar-refractivity contribution in [2.75, 3.05) is 45.0 Å². The summed E-state index contributed by atoms with van der Waals surface area (Å²) in [5, 5.41) is 7.77. The zero-order valence-electron chi connectivity index (χ0n) is 17.7. The Hall–Kier alpha value is -2.39. The predicted octanol–water partition coefficient (Wildman–Crippen LogP) is 3.25. The van der Waals surface area contributed by atoms with Gasteiger partial charge in [-0.05, 0) is 6.54 Å². The molecule has 164 valence electrons. The van der Waals surface area contributed by atoms with Gasteiger partial charge in [0.2, 0.25) is 0 Å². The van der Waals surface area contributed by atoms with Crippen molar-refractivity contribution in [1.29, 1.82) is 0 Å². The van der Waals surface area contributed by atoms with Gasteiger partial charge >= 0.3 is 0 Å². The van der Waals surface area contributed by atoms with E-state index < -0.39 is 0 Å². The van der Waals surface area contributed by atoms with Crippen LogP contribution in [0.3, 0.4) is 0 Å². The van der Waals surface area contributed by atoms with Gasteiger partial charge in [0.05, 0.1) is 22.8 Å². The molecule has 0 atom stereocenters. The summed E-state index contributed by atoms with van der Waals surface area (Å²) >= 11 is 8.22. The molecule has 0 spiro atoms. The van der Waals surface area contributed by atoms with Crippen LogP contribution in [-0.2, 0) is 6.54 Å². The molecule has 0 bridgehead atoms. The number of rotatable bonds is 7. The summed E-state index contributed by atoms with van der Waals surface area (Å²) in [6.45, 7) is 9.22. The molecule has 1 aliphatic rings. The van der Waals surface area contributed by atoms with Crippen molar-refractivity contribution in [1.82, 2.24) is 24.6 Å². The first kappa shape index (κ1) is 21.8. The van der Waals surface area contributed by atoms with Crippen molar-refractivity contribution < 1.29 is 0 Å². The molecule has 9 heteroatoms. The molecule has 1 aromatic carbocycles. The number of halogens is 1. The molecule has 0 unspecified atom stereocenters. The summed E-state index contributed by atoms with van der Waals surface area (Å²) in [4.78, 5) is 9.21. The summed E-state index contributed by atoms with van der Waals surface area (Å²) < 4.78 is 1.85.